The second-order valence-corrected chi connectivity index (χ2v) is 7.92. The summed E-state index contributed by atoms with van der Waals surface area (Å²) in [7, 11) is 0. The summed E-state index contributed by atoms with van der Waals surface area (Å²) in [5, 5.41) is 1.03. The zero-order valence-corrected chi connectivity index (χ0v) is 16.4. The van der Waals surface area contributed by atoms with Crippen molar-refractivity contribution in [2.24, 2.45) is 0 Å². The van der Waals surface area contributed by atoms with Crippen molar-refractivity contribution in [2.45, 2.75) is 26.2 Å². The molecule has 0 saturated carbocycles. The van der Waals surface area contributed by atoms with Gasteiger partial charge in [0.1, 0.15) is 22.2 Å². The van der Waals surface area contributed by atoms with Gasteiger partial charge in [-0.1, -0.05) is 44.0 Å². The Labute approximate surface area is 164 Å². The number of benzene rings is 1. The normalized spacial score (nSPS) is 13.4. The van der Waals surface area contributed by atoms with E-state index in [4.69, 9.17) is 27.6 Å². The van der Waals surface area contributed by atoms with E-state index in [0.29, 0.717) is 27.1 Å². The summed E-state index contributed by atoms with van der Waals surface area (Å²) in [6.07, 6.45) is 4.30. The SMILES string of the molecule is CC(C)(C)c1ocnc1/C=c1\[nH]c(=O)/c(=C/c2cc(Cl)cc(Cl)c2)[nH]c1=O. The molecular formula is C19H17Cl2N3O3. The third kappa shape index (κ3) is 4.40. The summed E-state index contributed by atoms with van der Waals surface area (Å²) in [5.74, 6) is 0.618. The molecule has 0 saturated heterocycles. The predicted molar refractivity (Wildman–Crippen MR) is 106 cm³/mol. The second-order valence-electron chi connectivity index (χ2n) is 7.04. The molecule has 0 fully saturated rings. The number of hydrogen-bond acceptors (Lipinski definition) is 4. The molecule has 0 amide bonds. The molecule has 27 heavy (non-hydrogen) atoms. The van der Waals surface area contributed by atoms with Gasteiger partial charge in [-0.15, -0.1) is 0 Å². The molecule has 0 unspecified atom stereocenters. The minimum Gasteiger partial charge on any atom is -0.447 e. The van der Waals surface area contributed by atoms with Crippen LogP contribution in [0, 0.1) is 0 Å². The summed E-state index contributed by atoms with van der Waals surface area (Å²) in [6.45, 7) is 5.89. The number of hydrogen-bond donors (Lipinski definition) is 2. The first-order valence-electron chi connectivity index (χ1n) is 8.09. The van der Waals surface area contributed by atoms with Gasteiger partial charge in [-0.3, -0.25) is 9.59 Å². The van der Waals surface area contributed by atoms with E-state index < -0.39 is 11.1 Å². The number of H-pyrrole nitrogens is 2. The molecule has 0 aliphatic rings. The Kier molecular flexibility index (Phi) is 5.13. The van der Waals surface area contributed by atoms with Crippen LogP contribution in [0.4, 0.5) is 0 Å². The van der Waals surface area contributed by atoms with Crippen LogP contribution in [0.15, 0.2) is 38.6 Å². The average Bonchev–Trinajstić information content (AvgIpc) is 2.99. The van der Waals surface area contributed by atoms with E-state index in [1.54, 1.807) is 18.2 Å². The molecule has 2 heterocycles. The van der Waals surface area contributed by atoms with Gasteiger partial charge in [0.2, 0.25) is 0 Å². The molecule has 3 rings (SSSR count). The summed E-state index contributed by atoms with van der Waals surface area (Å²) < 4.78 is 5.42. The molecule has 0 bridgehead atoms. The molecule has 0 spiro atoms. The van der Waals surface area contributed by atoms with Crippen LogP contribution in [0.1, 0.15) is 37.8 Å². The lowest BCUT2D eigenvalue weighted by molar-refractivity contribution is 0.407. The predicted octanol–water partition coefficient (Wildman–Crippen LogP) is 2.31. The minimum atomic E-state index is -0.461. The van der Waals surface area contributed by atoms with E-state index in [1.165, 1.54) is 18.5 Å². The van der Waals surface area contributed by atoms with Crippen molar-refractivity contribution in [2.75, 3.05) is 0 Å². The Morgan fingerprint density at radius 1 is 0.963 bits per heavy atom. The van der Waals surface area contributed by atoms with E-state index in [-0.39, 0.29) is 16.1 Å². The number of nitrogens with one attached hydrogen (secondary N) is 2. The molecule has 140 valence electrons. The molecule has 0 radical (unpaired) electrons. The van der Waals surface area contributed by atoms with E-state index in [2.05, 4.69) is 15.0 Å². The number of halogens is 2. The fourth-order valence-electron chi connectivity index (χ4n) is 2.58. The molecule has 0 aliphatic heterocycles. The summed E-state index contributed by atoms with van der Waals surface area (Å²) in [5.41, 5.74) is -0.136. The highest BCUT2D eigenvalue weighted by atomic mass is 35.5. The van der Waals surface area contributed by atoms with Crippen LogP contribution >= 0.6 is 23.2 Å². The van der Waals surface area contributed by atoms with E-state index in [1.807, 2.05) is 20.8 Å². The second kappa shape index (κ2) is 7.21. The van der Waals surface area contributed by atoms with Gasteiger partial charge >= 0.3 is 0 Å². The number of nitrogens with zero attached hydrogens (tertiary/aromatic N) is 1. The zero-order valence-electron chi connectivity index (χ0n) is 14.9. The van der Waals surface area contributed by atoms with E-state index >= 15 is 0 Å². The molecule has 2 aromatic heterocycles. The standard InChI is InChI=1S/C19H17Cl2N3O3/c1-19(2,3)16-13(22-9-27-16)8-15-18(26)23-14(17(25)24-15)6-10-4-11(20)7-12(21)5-10/h4-9H,1-3H3,(H,23,26)(H,24,25)/b14-6-,15-8-. The third-order valence-corrected chi connectivity index (χ3v) is 4.18. The van der Waals surface area contributed by atoms with Crippen molar-refractivity contribution in [3.63, 3.8) is 0 Å². The highest BCUT2D eigenvalue weighted by Gasteiger charge is 2.21. The Morgan fingerprint density at radius 3 is 2.07 bits per heavy atom. The van der Waals surface area contributed by atoms with Crippen LogP contribution in [-0.2, 0) is 5.41 Å². The van der Waals surface area contributed by atoms with E-state index in [9.17, 15) is 9.59 Å². The number of rotatable bonds is 2. The van der Waals surface area contributed by atoms with Crippen LogP contribution in [0.2, 0.25) is 10.0 Å². The third-order valence-electron chi connectivity index (χ3n) is 3.74. The van der Waals surface area contributed by atoms with Gasteiger partial charge in [0.05, 0.1) is 0 Å². The first kappa shape index (κ1) is 19.2. The molecule has 3 aromatic rings. The lowest BCUT2D eigenvalue weighted by atomic mass is 9.92. The number of aromatic amines is 2. The summed E-state index contributed by atoms with van der Waals surface area (Å²) in [4.78, 5) is 34.1. The molecule has 0 aliphatic carbocycles. The molecule has 8 heteroatoms. The maximum absolute atomic E-state index is 12.4. The minimum absolute atomic E-state index is 0.0840. The van der Waals surface area contributed by atoms with Crippen molar-refractivity contribution in [1.82, 2.24) is 15.0 Å². The number of aromatic nitrogens is 3. The Hall–Kier alpha value is -2.57. The van der Waals surface area contributed by atoms with Crippen molar-refractivity contribution >= 4 is 35.4 Å². The van der Waals surface area contributed by atoms with Crippen molar-refractivity contribution in [3.05, 3.63) is 83.1 Å². The fourth-order valence-corrected chi connectivity index (χ4v) is 3.12. The van der Waals surface area contributed by atoms with Crippen molar-refractivity contribution < 1.29 is 4.42 Å². The quantitative estimate of drug-likeness (QED) is 0.683. The lowest BCUT2D eigenvalue weighted by Crippen LogP contribution is -2.46. The molecule has 1 aromatic carbocycles. The van der Waals surface area contributed by atoms with Gasteiger partial charge < -0.3 is 14.4 Å². The molecule has 0 atom stereocenters. The Balaban J connectivity index is 2.14. The van der Waals surface area contributed by atoms with Crippen LogP contribution in [0.25, 0.3) is 12.2 Å². The van der Waals surface area contributed by atoms with Crippen LogP contribution < -0.4 is 21.8 Å². The molecular weight excluding hydrogens is 389 g/mol. The highest BCUT2D eigenvalue weighted by Crippen LogP contribution is 2.25. The van der Waals surface area contributed by atoms with Gasteiger partial charge in [-0.2, -0.15) is 0 Å². The van der Waals surface area contributed by atoms with Gasteiger partial charge in [0.25, 0.3) is 11.1 Å². The van der Waals surface area contributed by atoms with Gasteiger partial charge in [-0.25, -0.2) is 4.98 Å². The van der Waals surface area contributed by atoms with Gasteiger partial charge in [0, 0.05) is 15.5 Å². The van der Waals surface area contributed by atoms with Crippen LogP contribution in [0.5, 0.6) is 0 Å². The Morgan fingerprint density at radius 2 is 1.52 bits per heavy atom. The van der Waals surface area contributed by atoms with Crippen LogP contribution in [-0.4, -0.2) is 15.0 Å². The van der Waals surface area contributed by atoms with Gasteiger partial charge in [-0.05, 0) is 35.9 Å². The first-order valence-corrected chi connectivity index (χ1v) is 8.85. The first-order chi connectivity index (χ1) is 12.6. The summed E-state index contributed by atoms with van der Waals surface area (Å²) >= 11 is 11.9. The van der Waals surface area contributed by atoms with Crippen molar-refractivity contribution in [1.29, 1.82) is 0 Å². The topological polar surface area (TPSA) is 91.8 Å². The van der Waals surface area contributed by atoms with Crippen molar-refractivity contribution in [3.8, 4) is 0 Å². The summed E-state index contributed by atoms with van der Waals surface area (Å²) in [6, 6.07) is 4.85. The maximum Gasteiger partial charge on any atom is 0.272 e. The number of oxazole rings is 1. The fraction of sp³-hybridized carbons (Fsp3) is 0.211. The Bertz CT molecular complexity index is 1210. The van der Waals surface area contributed by atoms with E-state index in [0.717, 1.165) is 0 Å². The van der Waals surface area contributed by atoms with Gasteiger partial charge in [0.15, 0.2) is 6.39 Å². The monoisotopic (exact) mass is 405 g/mol. The zero-order chi connectivity index (χ0) is 19.8. The lowest BCUT2D eigenvalue weighted by Gasteiger charge is -2.14. The molecule has 2 N–H and O–H groups in total. The molecule has 6 nitrogen and oxygen atoms in total. The largest absolute Gasteiger partial charge is 0.447 e. The highest BCUT2D eigenvalue weighted by molar-refractivity contribution is 6.34. The average molecular weight is 406 g/mol. The smallest absolute Gasteiger partial charge is 0.272 e. The maximum atomic E-state index is 12.4. The van der Waals surface area contributed by atoms with Crippen LogP contribution in [0.3, 0.4) is 0 Å².